The molecule has 102 heavy (non-hydrogen) atoms. The molecule has 0 bridgehead atoms. The molecule has 0 aromatic rings. The molecule has 0 saturated carbocycles. The van der Waals surface area contributed by atoms with Gasteiger partial charge in [0, 0.05) is 25.7 Å². The van der Waals surface area contributed by atoms with Crippen LogP contribution in [0.25, 0.3) is 0 Å². The quantitative estimate of drug-likeness (QED) is 0.0222. The lowest BCUT2D eigenvalue weighted by atomic mass is 9.99. The Balaban J connectivity index is 5.19. The van der Waals surface area contributed by atoms with Crippen molar-refractivity contribution in [2.24, 2.45) is 23.7 Å². The van der Waals surface area contributed by atoms with Crippen molar-refractivity contribution in [2.45, 2.75) is 446 Å². The lowest BCUT2D eigenvalue weighted by molar-refractivity contribution is -0.161. The number of phosphoric acid groups is 2. The summed E-state index contributed by atoms with van der Waals surface area (Å²) in [6.45, 7) is 14.3. The molecule has 4 unspecified atom stereocenters. The van der Waals surface area contributed by atoms with Gasteiger partial charge in [-0.05, 0) is 49.4 Å². The number of aliphatic hydroxyl groups excluding tert-OH is 1. The van der Waals surface area contributed by atoms with Gasteiger partial charge in [-0.3, -0.25) is 37.3 Å². The first-order chi connectivity index (χ1) is 49.1. The maximum absolute atomic E-state index is 13.1. The van der Waals surface area contributed by atoms with Crippen LogP contribution in [0.3, 0.4) is 0 Å². The van der Waals surface area contributed by atoms with Crippen LogP contribution in [0.2, 0.25) is 0 Å². The number of ether oxygens (including phenoxy) is 4. The zero-order valence-corrected chi connectivity index (χ0v) is 69.0. The third-order valence-corrected chi connectivity index (χ3v) is 21.6. The van der Waals surface area contributed by atoms with E-state index >= 15 is 0 Å². The Morgan fingerprint density at radius 2 is 0.471 bits per heavy atom. The molecular weight excluding hydrogens is 1330 g/mol. The van der Waals surface area contributed by atoms with Gasteiger partial charge in [0.15, 0.2) is 12.2 Å². The minimum Gasteiger partial charge on any atom is -0.462 e. The Labute approximate surface area is 626 Å². The summed E-state index contributed by atoms with van der Waals surface area (Å²) in [5.74, 6) is 1.02. The van der Waals surface area contributed by atoms with Crippen LogP contribution in [0.1, 0.15) is 428 Å². The molecule has 0 aliphatic carbocycles. The first kappa shape index (κ1) is 100. The minimum absolute atomic E-state index is 0.106. The number of unbranched alkanes of at least 4 members (excludes halogenated alkanes) is 45. The minimum atomic E-state index is -4.96. The van der Waals surface area contributed by atoms with E-state index in [9.17, 15) is 43.2 Å². The Morgan fingerprint density at radius 1 is 0.275 bits per heavy atom. The highest BCUT2D eigenvalue weighted by Gasteiger charge is 2.30. The lowest BCUT2D eigenvalue weighted by Crippen LogP contribution is -2.30. The van der Waals surface area contributed by atoms with Crippen LogP contribution in [-0.2, 0) is 65.4 Å². The van der Waals surface area contributed by atoms with E-state index in [0.717, 1.165) is 114 Å². The van der Waals surface area contributed by atoms with Crippen molar-refractivity contribution in [3.8, 4) is 0 Å². The molecule has 0 fully saturated rings. The van der Waals surface area contributed by atoms with Crippen LogP contribution in [0.15, 0.2) is 0 Å². The molecule has 606 valence electrons. The predicted molar refractivity (Wildman–Crippen MR) is 418 cm³/mol. The first-order valence-electron chi connectivity index (χ1n) is 42.7. The molecular formula is C83H162O17P2. The lowest BCUT2D eigenvalue weighted by Gasteiger charge is -2.21. The zero-order chi connectivity index (χ0) is 75.3. The summed E-state index contributed by atoms with van der Waals surface area (Å²) in [5, 5.41) is 10.7. The monoisotopic (exact) mass is 1490 g/mol. The summed E-state index contributed by atoms with van der Waals surface area (Å²) < 4.78 is 68.8. The summed E-state index contributed by atoms with van der Waals surface area (Å²) in [6.07, 6.45) is 59.8. The Morgan fingerprint density at radius 3 is 0.696 bits per heavy atom. The molecule has 0 aromatic carbocycles. The van der Waals surface area contributed by atoms with Crippen LogP contribution in [0.4, 0.5) is 0 Å². The van der Waals surface area contributed by atoms with Crippen molar-refractivity contribution in [1.82, 2.24) is 0 Å². The molecule has 0 saturated heterocycles. The summed E-state index contributed by atoms with van der Waals surface area (Å²) in [5.41, 5.74) is 0. The van der Waals surface area contributed by atoms with E-state index in [1.165, 1.54) is 225 Å². The van der Waals surface area contributed by atoms with Gasteiger partial charge in [-0.25, -0.2) is 9.13 Å². The standard InChI is InChI=1S/C83H162O17P2/c1-9-76(8)62-54-46-38-30-24-18-14-12-10-11-13-15-19-26-32-40-49-57-65-82(87)100-79(70-94-81(86)64-56-48-42-34-37-45-53-61-75(6)7)72-98-102(91,92)96-68-77(84)67-95-101(89,90)97-71-78(99-83(88)66-58-50-41-33-27-21-23-29-36-44-52-60-74(4)5)69-93-80(85)63-55-47-39-31-25-20-16-17-22-28-35-43-51-59-73(2)3/h73-79,84H,9-72H2,1-8H3,(H,89,90)(H,91,92)/t76?,77?,78-,79-/m1/s1. The average molecular weight is 1490 g/mol. The highest BCUT2D eigenvalue weighted by Crippen LogP contribution is 2.45. The third-order valence-electron chi connectivity index (χ3n) is 19.7. The van der Waals surface area contributed by atoms with Crippen molar-refractivity contribution in [1.29, 1.82) is 0 Å². The molecule has 17 nitrogen and oxygen atoms in total. The topological polar surface area (TPSA) is 237 Å². The van der Waals surface area contributed by atoms with Gasteiger partial charge < -0.3 is 33.8 Å². The van der Waals surface area contributed by atoms with E-state index in [-0.39, 0.29) is 25.7 Å². The molecule has 0 heterocycles. The average Bonchev–Trinajstić information content (AvgIpc) is 0.914. The van der Waals surface area contributed by atoms with Crippen molar-refractivity contribution in [2.75, 3.05) is 39.6 Å². The van der Waals surface area contributed by atoms with Crippen molar-refractivity contribution < 1.29 is 80.2 Å². The summed E-state index contributed by atoms with van der Waals surface area (Å²) in [6, 6.07) is 0. The molecule has 0 aliphatic heterocycles. The number of carbonyl (C=O) groups is 4. The highest BCUT2D eigenvalue weighted by molar-refractivity contribution is 7.47. The Bertz CT molecular complexity index is 1990. The zero-order valence-electron chi connectivity index (χ0n) is 67.2. The molecule has 0 radical (unpaired) electrons. The maximum Gasteiger partial charge on any atom is 0.472 e. The molecule has 19 heteroatoms. The second kappa shape index (κ2) is 72.0. The smallest absolute Gasteiger partial charge is 0.462 e. The molecule has 0 aliphatic rings. The summed E-state index contributed by atoms with van der Waals surface area (Å²) in [7, 11) is -9.92. The number of phosphoric ester groups is 2. The summed E-state index contributed by atoms with van der Waals surface area (Å²) >= 11 is 0. The Hall–Kier alpha value is -1.94. The fourth-order valence-corrected chi connectivity index (χ4v) is 14.3. The van der Waals surface area contributed by atoms with E-state index in [2.05, 4.69) is 55.4 Å². The van der Waals surface area contributed by atoms with Gasteiger partial charge in [-0.2, -0.15) is 0 Å². The number of aliphatic hydroxyl groups is 1. The van der Waals surface area contributed by atoms with Gasteiger partial charge in [0.05, 0.1) is 26.4 Å². The second-order valence-electron chi connectivity index (χ2n) is 31.5. The normalized spacial score (nSPS) is 14.3. The number of rotatable bonds is 80. The van der Waals surface area contributed by atoms with E-state index in [0.29, 0.717) is 31.6 Å². The third kappa shape index (κ3) is 74.9. The van der Waals surface area contributed by atoms with Crippen molar-refractivity contribution in [3.63, 3.8) is 0 Å². The number of hydrogen-bond acceptors (Lipinski definition) is 15. The molecule has 0 amide bonds. The van der Waals surface area contributed by atoms with E-state index in [4.69, 9.17) is 37.0 Å². The second-order valence-corrected chi connectivity index (χ2v) is 34.4. The van der Waals surface area contributed by atoms with Gasteiger partial charge in [0.25, 0.3) is 0 Å². The first-order valence-corrected chi connectivity index (χ1v) is 45.7. The van der Waals surface area contributed by atoms with Crippen molar-refractivity contribution in [3.05, 3.63) is 0 Å². The van der Waals surface area contributed by atoms with E-state index in [1.807, 2.05) is 0 Å². The number of carbonyl (C=O) groups excluding carboxylic acids is 4. The van der Waals surface area contributed by atoms with Crippen LogP contribution in [0.5, 0.6) is 0 Å². The maximum atomic E-state index is 13.1. The van der Waals surface area contributed by atoms with Crippen LogP contribution < -0.4 is 0 Å². The number of hydrogen-bond donors (Lipinski definition) is 3. The molecule has 3 N–H and O–H groups in total. The molecule has 0 aromatic heterocycles. The van der Waals surface area contributed by atoms with Crippen LogP contribution in [-0.4, -0.2) is 96.7 Å². The van der Waals surface area contributed by atoms with Gasteiger partial charge in [0.2, 0.25) is 0 Å². The molecule has 0 spiro atoms. The Kier molecular flexibility index (Phi) is 70.6. The fourth-order valence-electron chi connectivity index (χ4n) is 12.8. The highest BCUT2D eigenvalue weighted by atomic mass is 31.2. The van der Waals surface area contributed by atoms with Gasteiger partial charge >= 0.3 is 39.5 Å². The van der Waals surface area contributed by atoms with E-state index < -0.39 is 97.5 Å². The van der Waals surface area contributed by atoms with Gasteiger partial charge in [-0.15, -0.1) is 0 Å². The van der Waals surface area contributed by atoms with Crippen LogP contribution in [0, 0.1) is 23.7 Å². The summed E-state index contributed by atoms with van der Waals surface area (Å²) in [4.78, 5) is 73.1. The molecule has 0 rings (SSSR count). The molecule has 6 atom stereocenters. The SMILES string of the molecule is CCC(C)CCCCCCCCCCCCCCCCCCCCC(=O)O[C@H](COC(=O)CCCCCCCCCC(C)C)COP(=O)(O)OCC(O)COP(=O)(O)OC[C@@H](COC(=O)CCCCCCCCCCCCCCCC(C)C)OC(=O)CCCCCCCCCCCCCC(C)C. The number of esters is 4. The van der Waals surface area contributed by atoms with E-state index in [1.54, 1.807) is 0 Å². The predicted octanol–water partition coefficient (Wildman–Crippen LogP) is 24.8. The van der Waals surface area contributed by atoms with Gasteiger partial charge in [-0.1, -0.05) is 376 Å². The van der Waals surface area contributed by atoms with Crippen LogP contribution >= 0.6 is 15.6 Å². The fraction of sp³-hybridized carbons (Fsp3) is 0.952. The van der Waals surface area contributed by atoms with Crippen molar-refractivity contribution >= 4 is 39.5 Å². The van der Waals surface area contributed by atoms with Gasteiger partial charge in [0.1, 0.15) is 19.3 Å². The largest absolute Gasteiger partial charge is 0.472 e.